The molecule has 1 N–H and O–H groups in total. The number of nitrogens with one attached hydrogen (secondary N) is 1. The lowest BCUT2D eigenvalue weighted by Crippen LogP contribution is -2.45. The van der Waals surface area contributed by atoms with Crippen molar-refractivity contribution in [3.05, 3.63) is 24.3 Å². The van der Waals surface area contributed by atoms with E-state index >= 15 is 0 Å². The monoisotopic (exact) mass is 430 g/mol. The molecule has 5 heteroatoms. The van der Waals surface area contributed by atoms with E-state index in [0.29, 0.717) is 6.61 Å². The minimum atomic E-state index is -0.672. The molecule has 1 aliphatic heterocycles. The average Bonchev–Trinajstić information content (AvgIpc) is 3.20. The summed E-state index contributed by atoms with van der Waals surface area (Å²) in [6, 6.07) is 7.78. The second-order valence-corrected chi connectivity index (χ2v) is 9.19. The molecule has 0 aromatic heterocycles. The molecular formula is C26H42N2O3. The van der Waals surface area contributed by atoms with Gasteiger partial charge in [-0.1, -0.05) is 45.4 Å². The topological polar surface area (TPSA) is 50.8 Å². The standard InChI is InChI=1S/C26H42N2O3/c1-2-21-31-26(16-7-3-4-8-17-26)25(29)27-23-12-14-24(15-13-23)30-22-11-20-28-18-9-5-6-10-19-28/h12-15H,2-11,16-22H2,1H3,(H,27,29). The third-order valence-corrected chi connectivity index (χ3v) is 6.61. The minimum Gasteiger partial charge on any atom is -0.494 e. The number of rotatable bonds is 10. The molecular weight excluding hydrogens is 388 g/mol. The molecule has 1 aromatic carbocycles. The Bertz CT molecular complexity index is 631. The van der Waals surface area contributed by atoms with E-state index in [1.165, 1.54) is 51.6 Å². The molecule has 174 valence electrons. The number of ether oxygens (including phenoxy) is 2. The predicted octanol–water partition coefficient (Wildman–Crippen LogP) is 5.79. The van der Waals surface area contributed by atoms with Crippen LogP contribution >= 0.6 is 0 Å². The molecule has 1 saturated carbocycles. The van der Waals surface area contributed by atoms with Gasteiger partial charge in [-0.2, -0.15) is 0 Å². The van der Waals surface area contributed by atoms with E-state index in [-0.39, 0.29) is 5.91 Å². The maximum absolute atomic E-state index is 13.1. The predicted molar refractivity (Wildman–Crippen MR) is 127 cm³/mol. The number of nitrogens with zero attached hydrogens (tertiary/aromatic N) is 1. The number of anilines is 1. The Morgan fingerprint density at radius 2 is 1.58 bits per heavy atom. The zero-order valence-corrected chi connectivity index (χ0v) is 19.5. The van der Waals surface area contributed by atoms with Crippen molar-refractivity contribution < 1.29 is 14.3 Å². The molecule has 1 heterocycles. The van der Waals surface area contributed by atoms with Crippen LogP contribution < -0.4 is 10.1 Å². The third kappa shape index (κ3) is 7.80. The highest BCUT2D eigenvalue weighted by atomic mass is 16.5. The van der Waals surface area contributed by atoms with Gasteiger partial charge in [0.1, 0.15) is 11.4 Å². The van der Waals surface area contributed by atoms with Gasteiger partial charge in [0.2, 0.25) is 0 Å². The lowest BCUT2D eigenvalue weighted by Gasteiger charge is -2.31. The quantitative estimate of drug-likeness (QED) is 0.377. The Labute approximate surface area is 188 Å². The van der Waals surface area contributed by atoms with Crippen LogP contribution in [-0.4, -0.2) is 49.3 Å². The zero-order chi connectivity index (χ0) is 21.8. The van der Waals surface area contributed by atoms with E-state index in [0.717, 1.165) is 63.1 Å². The van der Waals surface area contributed by atoms with Gasteiger partial charge in [-0.15, -0.1) is 0 Å². The second-order valence-electron chi connectivity index (χ2n) is 9.19. The van der Waals surface area contributed by atoms with Crippen LogP contribution in [0.5, 0.6) is 5.75 Å². The molecule has 1 saturated heterocycles. The van der Waals surface area contributed by atoms with Crippen LogP contribution in [-0.2, 0) is 9.53 Å². The minimum absolute atomic E-state index is 0.00830. The van der Waals surface area contributed by atoms with Crippen molar-refractivity contribution in [2.24, 2.45) is 0 Å². The van der Waals surface area contributed by atoms with Gasteiger partial charge in [-0.25, -0.2) is 0 Å². The summed E-state index contributed by atoms with van der Waals surface area (Å²) in [6.07, 6.45) is 13.5. The first-order valence-electron chi connectivity index (χ1n) is 12.6. The van der Waals surface area contributed by atoms with Crippen molar-refractivity contribution in [1.29, 1.82) is 0 Å². The molecule has 0 unspecified atom stereocenters. The van der Waals surface area contributed by atoms with Gasteiger partial charge in [-0.05, 0) is 75.9 Å². The smallest absolute Gasteiger partial charge is 0.256 e. The summed E-state index contributed by atoms with van der Waals surface area (Å²) in [4.78, 5) is 15.7. The molecule has 31 heavy (non-hydrogen) atoms. The zero-order valence-electron chi connectivity index (χ0n) is 19.5. The first-order chi connectivity index (χ1) is 15.2. The van der Waals surface area contributed by atoms with Crippen LogP contribution in [0.25, 0.3) is 0 Å². The molecule has 1 amide bonds. The average molecular weight is 431 g/mol. The fourth-order valence-electron chi connectivity index (χ4n) is 4.75. The molecule has 3 rings (SSSR count). The van der Waals surface area contributed by atoms with Gasteiger partial charge >= 0.3 is 0 Å². The number of carbonyl (C=O) groups is 1. The fraction of sp³-hybridized carbons (Fsp3) is 0.731. The van der Waals surface area contributed by atoms with Gasteiger partial charge in [-0.3, -0.25) is 4.79 Å². The van der Waals surface area contributed by atoms with Crippen LogP contribution in [0, 0.1) is 0 Å². The number of hydrogen-bond donors (Lipinski definition) is 1. The van der Waals surface area contributed by atoms with Gasteiger partial charge in [0.15, 0.2) is 0 Å². The van der Waals surface area contributed by atoms with E-state index in [1.807, 2.05) is 24.3 Å². The Hall–Kier alpha value is -1.59. The molecule has 2 fully saturated rings. The van der Waals surface area contributed by atoms with Crippen molar-refractivity contribution in [1.82, 2.24) is 4.90 Å². The van der Waals surface area contributed by atoms with Crippen LogP contribution in [0.4, 0.5) is 5.69 Å². The molecule has 1 aliphatic carbocycles. The summed E-state index contributed by atoms with van der Waals surface area (Å²) in [5.41, 5.74) is 0.139. The third-order valence-electron chi connectivity index (χ3n) is 6.61. The first-order valence-corrected chi connectivity index (χ1v) is 12.6. The summed E-state index contributed by atoms with van der Waals surface area (Å²) in [7, 11) is 0. The molecule has 0 spiro atoms. The highest BCUT2D eigenvalue weighted by Gasteiger charge is 2.39. The van der Waals surface area contributed by atoms with Crippen molar-refractivity contribution in [3.8, 4) is 5.75 Å². The van der Waals surface area contributed by atoms with E-state index < -0.39 is 5.60 Å². The molecule has 0 bridgehead atoms. The van der Waals surface area contributed by atoms with Crippen molar-refractivity contribution in [3.63, 3.8) is 0 Å². The van der Waals surface area contributed by atoms with Crippen LogP contribution in [0.1, 0.15) is 84.0 Å². The maximum atomic E-state index is 13.1. The normalized spacial score (nSPS) is 19.9. The summed E-state index contributed by atoms with van der Waals surface area (Å²) in [5.74, 6) is 0.870. The van der Waals surface area contributed by atoms with Crippen LogP contribution in [0.2, 0.25) is 0 Å². The van der Waals surface area contributed by atoms with Crippen LogP contribution in [0.3, 0.4) is 0 Å². The van der Waals surface area contributed by atoms with E-state index in [4.69, 9.17) is 9.47 Å². The van der Waals surface area contributed by atoms with E-state index in [9.17, 15) is 4.79 Å². The van der Waals surface area contributed by atoms with Gasteiger partial charge < -0.3 is 19.7 Å². The van der Waals surface area contributed by atoms with E-state index in [2.05, 4.69) is 17.1 Å². The second kappa shape index (κ2) is 13.1. The molecule has 0 radical (unpaired) electrons. The molecule has 5 nitrogen and oxygen atoms in total. The van der Waals surface area contributed by atoms with Gasteiger partial charge in [0.25, 0.3) is 5.91 Å². The summed E-state index contributed by atoms with van der Waals surface area (Å²) in [5, 5.41) is 3.11. The fourth-order valence-corrected chi connectivity index (χ4v) is 4.75. The lowest BCUT2D eigenvalue weighted by atomic mass is 9.92. The number of hydrogen-bond acceptors (Lipinski definition) is 4. The maximum Gasteiger partial charge on any atom is 0.256 e. The summed E-state index contributed by atoms with van der Waals surface area (Å²) < 4.78 is 12.1. The summed E-state index contributed by atoms with van der Waals surface area (Å²) >= 11 is 0. The number of benzene rings is 1. The largest absolute Gasteiger partial charge is 0.494 e. The molecule has 0 atom stereocenters. The molecule has 1 aromatic rings. The van der Waals surface area contributed by atoms with Gasteiger partial charge in [0.05, 0.1) is 6.61 Å². The number of amides is 1. The Morgan fingerprint density at radius 1 is 0.935 bits per heavy atom. The van der Waals surface area contributed by atoms with E-state index in [1.54, 1.807) is 0 Å². The Kier molecular flexibility index (Phi) is 10.1. The number of carbonyl (C=O) groups excluding carboxylic acids is 1. The lowest BCUT2D eigenvalue weighted by molar-refractivity contribution is -0.143. The number of likely N-dealkylation sites (tertiary alicyclic amines) is 1. The van der Waals surface area contributed by atoms with Crippen molar-refractivity contribution in [2.45, 2.75) is 89.6 Å². The van der Waals surface area contributed by atoms with Gasteiger partial charge in [0, 0.05) is 18.8 Å². The Morgan fingerprint density at radius 3 is 2.23 bits per heavy atom. The highest BCUT2D eigenvalue weighted by molar-refractivity contribution is 5.97. The first kappa shape index (κ1) is 24.1. The van der Waals surface area contributed by atoms with Crippen molar-refractivity contribution >= 4 is 11.6 Å². The Balaban J connectivity index is 1.45. The molecule has 2 aliphatic rings. The SMILES string of the molecule is CCCOC1(C(=O)Nc2ccc(OCCCN3CCCCCC3)cc2)CCCCCC1. The summed E-state index contributed by atoms with van der Waals surface area (Å²) in [6.45, 7) is 7.05. The van der Waals surface area contributed by atoms with Crippen LogP contribution in [0.15, 0.2) is 24.3 Å². The van der Waals surface area contributed by atoms with Crippen molar-refractivity contribution in [2.75, 3.05) is 38.2 Å². The highest BCUT2D eigenvalue weighted by Crippen LogP contribution is 2.32.